The lowest BCUT2D eigenvalue weighted by Gasteiger charge is -2.05. The first-order chi connectivity index (χ1) is 7.08. The van der Waals surface area contributed by atoms with Gasteiger partial charge in [0.25, 0.3) is 6.08 Å². The minimum atomic E-state index is -2.96. The molecule has 1 heterocycles. The molecule has 0 spiro atoms. The first-order valence-corrected chi connectivity index (χ1v) is 4.66. The average Bonchev–Trinajstić information content (AvgIpc) is 2.52. The summed E-state index contributed by atoms with van der Waals surface area (Å²) < 4.78 is 41.5. The molecule has 1 aromatic heterocycles. The number of fused-ring (bicyclic) bond motifs is 1. The number of benzene rings is 1. The van der Waals surface area contributed by atoms with Gasteiger partial charge >= 0.3 is 6.61 Å². The Kier molecular flexibility index (Phi) is 2.56. The van der Waals surface area contributed by atoms with Crippen LogP contribution >= 0.6 is 15.9 Å². The van der Waals surface area contributed by atoms with Crippen molar-refractivity contribution < 1.29 is 17.9 Å². The number of alkyl halides is 2. The summed E-state index contributed by atoms with van der Waals surface area (Å²) in [7, 11) is 0. The van der Waals surface area contributed by atoms with Crippen LogP contribution in [-0.2, 0) is 0 Å². The molecule has 0 saturated carbocycles. The monoisotopic (exact) mass is 280 g/mol. The third-order valence-electron chi connectivity index (χ3n) is 1.74. The van der Waals surface area contributed by atoms with Gasteiger partial charge in [0.1, 0.15) is 11.0 Å². The highest BCUT2D eigenvalue weighted by Gasteiger charge is 2.14. The molecule has 0 saturated heterocycles. The lowest BCUT2D eigenvalue weighted by molar-refractivity contribution is -0.0489. The minimum absolute atomic E-state index is 0.0992. The maximum absolute atomic E-state index is 12.8. The van der Waals surface area contributed by atoms with Crippen molar-refractivity contribution >= 4 is 27.0 Å². The largest absolute Gasteiger partial charge is 0.433 e. The van der Waals surface area contributed by atoms with Gasteiger partial charge in [-0.1, -0.05) is 0 Å². The maximum atomic E-state index is 12.8. The van der Waals surface area contributed by atoms with E-state index in [4.69, 9.17) is 0 Å². The fourth-order valence-electron chi connectivity index (χ4n) is 1.20. The van der Waals surface area contributed by atoms with Gasteiger partial charge in [0.2, 0.25) is 0 Å². The standard InChI is InChI=1S/C8H4BrF3N2O/c9-3-1-2-4(15-7(10)11)6-5(3)13-8(12)14-6/h1-2,7H,(H,13,14). The molecule has 1 N–H and O–H groups in total. The average molecular weight is 281 g/mol. The maximum Gasteiger partial charge on any atom is 0.387 e. The summed E-state index contributed by atoms with van der Waals surface area (Å²) in [6.07, 6.45) is -0.851. The normalized spacial score (nSPS) is 11.3. The fourth-order valence-corrected chi connectivity index (χ4v) is 1.62. The van der Waals surface area contributed by atoms with Crippen LogP contribution in [0.25, 0.3) is 11.0 Å². The zero-order chi connectivity index (χ0) is 11.0. The molecule has 15 heavy (non-hydrogen) atoms. The van der Waals surface area contributed by atoms with E-state index in [0.29, 0.717) is 4.47 Å². The SMILES string of the molecule is Fc1nc2c(Br)ccc(OC(F)F)c2[nH]1. The van der Waals surface area contributed by atoms with Crippen molar-refractivity contribution in [3.05, 3.63) is 22.7 Å². The number of ether oxygens (including phenoxy) is 1. The van der Waals surface area contributed by atoms with E-state index in [1.54, 1.807) is 0 Å². The van der Waals surface area contributed by atoms with Gasteiger partial charge in [0.05, 0.1) is 0 Å². The molecular formula is C8H4BrF3N2O. The van der Waals surface area contributed by atoms with Crippen molar-refractivity contribution in [2.75, 3.05) is 0 Å². The molecule has 0 aliphatic carbocycles. The second-order valence-electron chi connectivity index (χ2n) is 2.68. The molecule has 80 valence electrons. The predicted molar refractivity (Wildman–Crippen MR) is 50.4 cm³/mol. The number of aromatic amines is 1. The Morgan fingerprint density at radius 2 is 2.13 bits per heavy atom. The summed E-state index contributed by atoms with van der Waals surface area (Å²) >= 11 is 3.12. The molecule has 0 aliphatic heterocycles. The van der Waals surface area contributed by atoms with Crippen LogP contribution in [-0.4, -0.2) is 16.6 Å². The van der Waals surface area contributed by atoms with Gasteiger partial charge in [0.15, 0.2) is 5.75 Å². The zero-order valence-electron chi connectivity index (χ0n) is 7.10. The molecule has 2 aromatic rings. The molecule has 0 amide bonds. The van der Waals surface area contributed by atoms with Crippen LogP contribution in [0.3, 0.4) is 0 Å². The van der Waals surface area contributed by atoms with Crippen molar-refractivity contribution in [2.24, 2.45) is 0 Å². The second-order valence-corrected chi connectivity index (χ2v) is 3.53. The zero-order valence-corrected chi connectivity index (χ0v) is 8.69. The van der Waals surface area contributed by atoms with E-state index in [1.807, 2.05) is 0 Å². The smallest absolute Gasteiger partial charge is 0.387 e. The third kappa shape index (κ3) is 1.92. The van der Waals surface area contributed by atoms with Gasteiger partial charge in [-0.2, -0.15) is 13.2 Å². The molecule has 0 bridgehead atoms. The minimum Gasteiger partial charge on any atom is -0.433 e. The number of imidazole rings is 1. The van der Waals surface area contributed by atoms with E-state index in [2.05, 4.69) is 30.6 Å². The van der Waals surface area contributed by atoms with Crippen LogP contribution in [0.4, 0.5) is 13.2 Å². The van der Waals surface area contributed by atoms with Crippen LogP contribution < -0.4 is 4.74 Å². The molecule has 0 fully saturated rings. The number of nitrogens with one attached hydrogen (secondary N) is 1. The number of halogens is 4. The number of hydrogen-bond acceptors (Lipinski definition) is 2. The van der Waals surface area contributed by atoms with E-state index in [0.717, 1.165) is 0 Å². The first-order valence-electron chi connectivity index (χ1n) is 3.86. The number of rotatable bonds is 2. The van der Waals surface area contributed by atoms with Crippen LogP contribution in [0.5, 0.6) is 5.75 Å². The molecule has 7 heteroatoms. The number of H-pyrrole nitrogens is 1. The van der Waals surface area contributed by atoms with Crippen molar-refractivity contribution in [1.82, 2.24) is 9.97 Å². The summed E-state index contributed by atoms with van der Waals surface area (Å²) in [6.45, 7) is -2.96. The number of hydrogen-bond donors (Lipinski definition) is 1. The number of aromatic nitrogens is 2. The molecule has 1 aromatic carbocycles. The number of nitrogens with zero attached hydrogens (tertiary/aromatic N) is 1. The van der Waals surface area contributed by atoms with Crippen molar-refractivity contribution in [3.63, 3.8) is 0 Å². The summed E-state index contributed by atoms with van der Waals surface area (Å²) in [5.74, 6) is -0.139. The van der Waals surface area contributed by atoms with Gasteiger partial charge in [-0.3, -0.25) is 0 Å². The van der Waals surface area contributed by atoms with Crippen LogP contribution in [0.15, 0.2) is 16.6 Å². The van der Waals surface area contributed by atoms with E-state index in [-0.39, 0.29) is 16.8 Å². The summed E-state index contributed by atoms with van der Waals surface area (Å²) in [5.41, 5.74) is 0.313. The van der Waals surface area contributed by atoms with E-state index < -0.39 is 12.7 Å². The Labute approximate surface area is 90.4 Å². The Morgan fingerprint density at radius 3 is 2.80 bits per heavy atom. The summed E-state index contributed by atoms with van der Waals surface area (Å²) in [4.78, 5) is 5.69. The molecule has 0 atom stereocenters. The Hall–Kier alpha value is -1.24. The van der Waals surface area contributed by atoms with Crippen LogP contribution in [0.1, 0.15) is 0 Å². The third-order valence-corrected chi connectivity index (χ3v) is 2.38. The topological polar surface area (TPSA) is 37.9 Å². The molecule has 0 radical (unpaired) electrons. The molecule has 0 aliphatic rings. The highest BCUT2D eigenvalue weighted by atomic mass is 79.9. The van der Waals surface area contributed by atoms with Gasteiger partial charge in [-0.25, -0.2) is 4.98 Å². The molecule has 3 nitrogen and oxygen atoms in total. The highest BCUT2D eigenvalue weighted by molar-refractivity contribution is 9.10. The van der Waals surface area contributed by atoms with Crippen molar-refractivity contribution in [1.29, 1.82) is 0 Å². The summed E-state index contributed by atoms with van der Waals surface area (Å²) in [6, 6.07) is 2.76. The van der Waals surface area contributed by atoms with Crippen LogP contribution in [0.2, 0.25) is 0 Å². The van der Waals surface area contributed by atoms with Gasteiger partial charge in [0, 0.05) is 4.47 Å². The van der Waals surface area contributed by atoms with Gasteiger partial charge in [-0.15, -0.1) is 0 Å². The Morgan fingerprint density at radius 1 is 1.40 bits per heavy atom. The molecule has 0 unspecified atom stereocenters. The van der Waals surface area contributed by atoms with Crippen LogP contribution in [0, 0.1) is 6.08 Å². The quantitative estimate of drug-likeness (QED) is 0.918. The first kappa shape index (κ1) is 10.3. The molecule has 2 rings (SSSR count). The highest BCUT2D eigenvalue weighted by Crippen LogP contribution is 2.30. The summed E-state index contributed by atoms with van der Waals surface area (Å²) in [5, 5.41) is 0. The Bertz CT molecular complexity index is 500. The van der Waals surface area contributed by atoms with Gasteiger partial charge in [-0.05, 0) is 28.1 Å². The molecular weight excluding hydrogens is 277 g/mol. The lowest BCUT2D eigenvalue weighted by atomic mass is 10.3. The Balaban J connectivity index is 2.60. The van der Waals surface area contributed by atoms with E-state index in [1.165, 1.54) is 12.1 Å². The second kappa shape index (κ2) is 3.73. The van der Waals surface area contributed by atoms with Crippen molar-refractivity contribution in [2.45, 2.75) is 6.61 Å². The van der Waals surface area contributed by atoms with E-state index in [9.17, 15) is 13.2 Å². The van der Waals surface area contributed by atoms with Crippen molar-refractivity contribution in [3.8, 4) is 5.75 Å². The van der Waals surface area contributed by atoms with Gasteiger partial charge < -0.3 is 9.72 Å². The lowest BCUT2D eigenvalue weighted by Crippen LogP contribution is -2.02. The fraction of sp³-hybridized carbons (Fsp3) is 0.125. The van der Waals surface area contributed by atoms with E-state index >= 15 is 0 Å². The predicted octanol–water partition coefficient (Wildman–Crippen LogP) is 3.07.